The third kappa shape index (κ3) is 5.77. The summed E-state index contributed by atoms with van der Waals surface area (Å²) >= 11 is 12.9. The van der Waals surface area contributed by atoms with Crippen molar-refractivity contribution in [2.24, 2.45) is 5.10 Å². The lowest BCUT2D eigenvalue weighted by atomic mass is 10.2. The van der Waals surface area contributed by atoms with Gasteiger partial charge in [0.15, 0.2) is 0 Å². The van der Waals surface area contributed by atoms with Crippen molar-refractivity contribution < 1.29 is 14.5 Å². The molecule has 0 spiro atoms. The predicted octanol–water partition coefficient (Wildman–Crippen LogP) is 5.31. The van der Waals surface area contributed by atoms with Gasteiger partial charge in [-0.25, -0.2) is 5.43 Å². The molecule has 1 amide bonds. The van der Waals surface area contributed by atoms with Gasteiger partial charge in [0.25, 0.3) is 5.91 Å². The average Bonchev–Trinajstić information content (AvgIpc) is 3.17. The Morgan fingerprint density at radius 3 is 2.59 bits per heavy atom. The zero-order valence-corrected chi connectivity index (χ0v) is 17.0. The number of nitrogens with zero attached hydrogens (tertiary/aromatic N) is 2. The summed E-state index contributed by atoms with van der Waals surface area (Å²) in [5.74, 6) is 0.154. The Hall–Kier alpha value is -2.94. The second-order valence-corrected chi connectivity index (χ2v) is 7.62. The summed E-state index contributed by atoms with van der Waals surface area (Å²) in [5, 5.41) is 15.5. The van der Waals surface area contributed by atoms with E-state index < -0.39 is 10.8 Å². The number of halogens is 2. The van der Waals surface area contributed by atoms with Crippen LogP contribution in [0.15, 0.2) is 59.7 Å². The number of benzene rings is 2. The summed E-state index contributed by atoms with van der Waals surface area (Å²) < 4.78 is 5.67. The maximum atomic E-state index is 12.1. The lowest BCUT2D eigenvalue weighted by molar-refractivity contribution is -0.380. The normalized spacial score (nSPS) is 10.8. The number of nitrogens with one attached hydrogen (secondary N) is 1. The first-order valence-corrected chi connectivity index (χ1v) is 9.74. The SMILES string of the molecule is O=C(N/N=C\c1ccc([N+](=O)[O-])s1)c1ccc(OCc2ccc(Cl)cc2Cl)cc1. The van der Waals surface area contributed by atoms with Gasteiger partial charge < -0.3 is 4.74 Å². The lowest BCUT2D eigenvalue weighted by Gasteiger charge is -2.08. The Kier molecular flexibility index (Phi) is 6.82. The number of amides is 1. The molecule has 1 N–H and O–H groups in total. The Morgan fingerprint density at radius 2 is 1.93 bits per heavy atom. The van der Waals surface area contributed by atoms with E-state index in [1.54, 1.807) is 48.5 Å². The first-order valence-electron chi connectivity index (χ1n) is 8.17. The summed E-state index contributed by atoms with van der Waals surface area (Å²) in [6.45, 7) is 0.263. The number of hydrogen-bond acceptors (Lipinski definition) is 6. The van der Waals surface area contributed by atoms with E-state index in [2.05, 4.69) is 10.5 Å². The van der Waals surface area contributed by atoms with Crippen LogP contribution in [0.25, 0.3) is 0 Å². The fourth-order valence-electron chi connectivity index (χ4n) is 2.23. The topological polar surface area (TPSA) is 93.8 Å². The zero-order valence-electron chi connectivity index (χ0n) is 14.7. The molecule has 29 heavy (non-hydrogen) atoms. The third-order valence-electron chi connectivity index (χ3n) is 3.68. The van der Waals surface area contributed by atoms with Gasteiger partial charge in [0.1, 0.15) is 12.4 Å². The molecule has 3 rings (SSSR count). The van der Waals surface area contributed by atoms with Crippen LogP contribution in [0.3, 0.4) is 0 Å². The van der Waals surface area contributed by atoms with Gasteiger partial charge in [0.05, 0.1) is 16.0 Å². The van der Waals surface area contributed by atoms with E-state index in [1.807, 2.05) is 0 Å². The van der Waals surface area contributed by atoms with Crippen molar-refractivity contribution >= 4 is 51.7 Å². The van der Waals surface area contributed by atoms with E-state index in [0.29, 0.717) is 26.2 Å². The minimum Gasteiger partial charge on any atom is -0.489 e. The van der Waals surface area contributed by atoms with Crippen molar-refractivity contribution in [1.29, 1.82) is 0 Å². The van der Waals surface area contributed by atoms with Crippen LogP contribution in [-0.2, 0) is 6.61 Å². The van der Waals surface area contributed by atoms with Gasteiger partial charge >= 0.3 is 5.00 Å². The number of nitro groups is 1. The third-order valence-corrected chi connectivity index (χ3v) is 5.23. The molecule has 0 radical (unpaired) electrons. The largest absolute Gasteiger partial charge is 0.489 e. The van der Waals surface area contributed by atoms with E-state index in [0.717, 1.165) is 16.9 Å². The standard InChI is InChI=1S/C19H13Cl2N3O4S/c20-14-4-1-13(17(21)9-14)11-28-15-5-2-12(3-6-15)19(25)23-22-10-16-7-8-18(29-16)24(26)27/h1-10H,11H2,(H,23,25)/b22-10-. The van der Waals surface area contributed by atoms with Crippen LogP contribution in [0.2, 0.25) is 10.0 Å². The maximum Gasteiger partial charge on any atom is 0.324 e. The Balaban J connectivity index is 1.54. The van der Waals surface area contributed by atoms with Crippen LogP contribution < -0.4 is 10.2 Å². The molecule has 1 aromatic heterocycles. The van der Waals surface area contributed by atoms with E-state index in [1.165, 1.54) is 12.3 Å². The molecule has 10 heteroatoms. The molecule has 2 aromatic carbocycles. The van der Waals surface area contributed by atoms with Crippen LogP contribution in [0, 0.1) is 10.1 Å². The summed E-state index contributed by atoms with van der Waals surface area (Å²) in [6, 6.07) is 14.6. The number of thiophene rings is 1. The predicted molar refractivity (Wildman–Crippen MR) is 113 cm³/mol. The number of hydrazone groups is 1. The van der Waals surface area contributed by atoms with Gasteiger partial charge in [-0.1, -0.05) is 40.6 Å². The van der Waals surface area contributed by atoms with Crippen LogP contribution in [0.4, 0.5) is 5.00 Å². The average molecular weight is 450 g/mol. The molecule has 0 unspecified atom stereocenters. The van der Waals surface area contributed by atoms with Gasteiger partial charge in [0.2, 0.25) is 0 Å². The fourth-order valence-corrected chi connectivity index (χ4v) is 3.39. The molecule has 0 aliphatic rings. The summed E-state index contributed by atoms with van der Waals surface area (Å²) in [5.41, 5.74) is 3.55. The van der Waals surface area contributed by atoms with Crippen LogP contribution in [0.5, 0.6) is 5.75 Å². The second-order valence-electron chi connectivity index (χ2n) is 5.68. The highest BCUT2D eigenvalue weighted by Gasteiger charge is 2.09. The maximum absolute atomic E-state index is 12.1. The Bertz CT molecular complexity index is 1070. The lowest BCUT2D eigenvalue weighted by Crippen LogP contribution is -2.17. The smallest absolute Gasteiger partial charge is 0.324 e. The minimum atomic E-state index is -0.481. The van der Waals surface area contributed by atoms with Crippen LogP contribution in [-0.4, -0.2) is 17.0 Å². The molecule has 1 heterocycles. The molecule has 0 fully saturated rings. The number of rotatable bonds is 7. The highest BCUT2D eigenvalue weighted by molar-refractivity contribution is 7.16. The van der Waals surface area contributed by atoms with E-state index in [4.69, 9.17) is 27.9 Å². The minimum absolute atomic E-state index is 0.00764. The van der Waals surface area contributed by atoms with Gasteiger partial charge in [0, 0.05) is 27.2 Å². The zero-order chi connectivity index (χ0) is 20.8. The number of hydrogen-bond donors (Lipinski definition) is 1. The summed E-state index contributed by atoms with van der Waals surface area (Å²) in [7, 11) is 0. The molecule has 7 nitrogen and oxygen atoms in total. The number of carbonyl (C=O) groups is 1. The van der Waals surface area contributed by atoms with Gasteiger partial charge in [-0.2, -0.15) is 5.10 Å². The van der Waals surface area contributed by atoms with E-state index in [9.17, 15) is 14.9 Å². The number of carbonyl (C=O) groups excluding carboxylic acids is 1. The number of ether oxygens (including phenoxy) is 1. The first-order chi connectivity index (χ1) is 13.9. The van der Waals surface area contributed by atoms with Crippen molar-refractivity contribution in [2.75, 3.05) is 0 Å². The fraction of sp³-hybridized carbons (Fsp3) is 0.0526. The molecule has 3 aromatic rings. The monoisotopic (exact) mass is 449 g/mol. The van der Waals surface area contributed by atoms with Gasteiger partial charge in [-0.05, 0) is 42.5 Å². The molecule has 0 saturated carbocycles. The highest BCUT2D eigenvalue weighted by Crippen LogP contribution is 2.23. The second kappa shape index (κ2) is 9.51. The highest BCUT2D eigenvalue weighted by atomic mass is 35.5. The first kappa shape index (κ1) is 20.8. The van der Waals surface area contributed by atoms with Crippen molar-refractivity contribution in [3.63, 3.8) is 0 Å². The summed E-state index contributed by atoms with van der Waals surface area (Å²) in [4.78, 5) is 22.8. The molecule has 0 aliphatic heterocycles. The van der Waals surface area contributed by atoms with Crippen molar-refractivity contribution in [2.45, 2.75) is 6.61 Å². The molecule has 0 saturated heterocycles. The molecular formula is C19H13Cl2N3O4S. The van der Waals surface area contributed by atoms with Crippen molar-refractivity contribution in [3.8, 4) is 5.75 Å². The Labute approximate surface area is 179 Å². The molecular weight excluding hydrogens is 437 g/mol. The van der Waals surface area contributed by atoms with Gasteiger partial charge in [-0.15, -0.1) is 0 Å². The molecule has 0 atom stereocenters. The van der Waals surface area contributed by atoms with Crippen molar-refractivity contribution in [1.82, 2.24) is 5.43 Å². The van der Waals surface area contributed by atoms with Crippen LogP contribution >= 0.6 is 34.5 Å². The summed E-state index contributed by atoms with van der Waals surface area (Å²) in [6.07, 6.45) is 1.35. The van der Waals surface area contributed by atoms with Gasteiger partial charge in [-0.3, -0.25) is 14.9 Å². The van der Waals surface area contributed by atoms with E-state index in [-0.39, 0.29) is 11.6 Å². The Morgan fingerprint density at radius 1 is 1.17 bits per heavy atom. The van der Waals surface area contributed by atoms with Crippen molar-refractivity contribution in [3.05, 3.63) is 90.8 Å². The molecule has 0 bridgehead atoms. The quantitative estimate of drug-likeness (QED) is 0.300. The van der Waals surface area contributed by atoms with Crippen LogP contribution in [0.1, 0.15) is 20.8 Å². The van der Waals surface area contributed by atoms with E-state index >= 15 is 0 Å². The molecule has 0 aliphatic carbocycles. The molecule has 148 valence electrons.